The van der Waals surface area contributed by atoms with Gasteiger partial charge < -0.3 is 9.64 Å². The first-order valence-electron chi connectivity index (χ1n) is 7.96. The van der Waals surface area contributed by atoms with Gasteiger partial charge in [-0.2, -0.15) is 5.10 Å². The van der Waals surface area contributed by atoms with Crippen molar-refractivity contribution in [2.45, 2.75) is 13.1 Å². The molecule has 27 heavy (non-hydrogen) atoms. The molecule has 0 aliphatic rings. The summed E-state index contributed by atoms with van der Waals surface area (Å²) in [6.45, 7) is 0.159. The van der Waals surface area contributed by atoms with Crippen molar-refractivity contribution in [3.63, 3.8) is 0 Å². The van der Waals surface area contributed by atoms with Crippen LogP contribution in [0.1, 0.15) is 5.56 Å². The maximum absolute atomic E-state index is 12.7. The fourth-order valence-electron chi connectivity index (χ4n) is 2.73. The Morgan fingerprint density at radius 3 is 2.85 bits per heavy atom. The molecule has 0 radical (unpaired) electrons. The summed E-state index contributed by atoms with van der Waals surface area (Å²) in [6, 6.07) is 5.22. The highest BCUT2D eigenvalue weighted by molar-refractivity contribution is 9.10. The van der Waals surface area contributed by atoms with Crippen molar-refractivity contribution in [1.29, 1.82) is 0 Å². The van der Waals surface area contributed by atoms with E-state index >= 15 is 0 Å². The standard InChI is InChI=1S/C17H17BrClN5O3/c1-22(7-10-6-11(19)4-5-12(10)27-3)13(25)8-24-9-20-16-14(17(24)26)15(18)21-23(16)2/h4-6,9H,7-8H2,1-3H3. The lowest BCUT2D eigenvalue weighted by molar-refractivity contribution is -0.131. The van der Waals surface area contributed by atoms with Gasteiger partial charge >= 0.3 is 0 Å². The van der Waals surface area contributed by atoms with E-state index in [4.69, 9.17) is 16.3 Å². The number of halogens is 2. The zero-order valence-corrected chi connectivity index (χ0v) is 17.3. The Morgan fingerprint density at radius 2 is 2.15 bits per heavy atom. The predicted octanol–water partition coefficient (Wildman–Crippen LogP) is 2.21. The molecule has 142 valence electrons. The number of rotatable bonds is 5. The molecular formula is C17H17BrClN5O3. The van der Waals surface area contributed by atoms with Crippen LogP contribution >= 0.6 is 27.5 Å². The monoisotopic (exact) mass is 453 g/mol. The summed E-state index contributed by atoms with van der Waals surface area (Å²) in [5.74, 6) is 0.388. The molecule has 3 aromatic rings. The first kappa shape index (κ1) is 19.4. The number of benzene rings is 1. The summed E-state index contributed by atoms with van der Waals surface area (Å²) in [5, 5.41) is 5.02. The van der Waals surface area contributed by atoms with Gasteiger partial charge in [-0.05, 0) is 34.1 Å². The SMILES string of the molecule is COc1ccc(Cl)cc1CN(C)C(=O)Cn1cnc2c(c(Br)nn2C)c1=O. The average molecular weight is 455 g/mol. The molecule has 0 unspecified atom stereocenters. The van der Waals surface area contributed by atoms with Crippen LogP contribution in [0.25, 0.3) is 11.0 Å². The van der Waals surface area contributed by atoms with E-state index in [0.29, 0.717) is 33.0 Å². The lowest BCUT2D eigenvalue weighted by Gasteiger charge is -2.19. The molecule has 0 atom stereocenters. The van der Waals surface area contributed by atoms with Crippen molar-refractivity contribution in [1.82, 2.24) is 24.2 Å². The number of hydrogen-bond donors (Lipinski definition) is 0. The zero-order valence-electron chi connectivity index (χ0n) is 14.9. The molecule has 0 N–H and O–H groups in total. The molecule has 1 aromatic carbocycles. The number of amides is 1. The van der Waals surface area contributed by atoms with Crippen LogP contribution in [-0.2, 0) is 24.9 Å². The van der Waals surface area contributed by atoms with Crippen LogP contribution in [0.3, 0.4) is 0 Å². The van der Waals surface area contributed by atoms with Crippen molar-refractivity contribution in [2.75, 3.05) is 14.2 Å². The van der Waals surface area contributed by atoms with Crippen molar-refractivity contribution < 1.29 is 9.53 Å². The van der Waals surface area contributed by atoms with Gasteiger partial charge in [-0.15, -0.1) is 0 Å². The quantitative estimate of drug-likeness (QED) is 0.590. The second-order valence-electron chi connectivity index (χ2n) is 6.00. The van der Waals surface area contributed by atoms with E-state index in [1.54, 1.807) is 39.4 Å². The van der Waals surface area contributed by atoms with Gasteiger partial charge in [0.05, 0.1) is 7.11 Å². The molecule has 2 heterocycles. The minimum atomic E-state index is -0.331. The minimum Gasteiger partial charge on any atom is -0.496 e. The van der Waals surface area contributed by atoms with Gasteiger partial charge in [0.15, 0.2) is 5.65 Å². The van der Waals surface area contributed by atoms with Crippen LogP contribution in [-0.4, -0.2) is 44.3 Å². The maximum Gasteiger partial charge on any atom is 0.266 e. The molecule has 0 aliphatic heterocycles. The Balaban J connectivity index is 1.82. The smallest absolute Gasteiger partial charge is 0.266 e. The van der Waals surface area contributed by atoms with Gasteiger partial charge in [-0.1, -0.05) is 11.6 Å². The first-order chi connectivity index (χ1) is 12.8. The van der Waals surface area contributed by atoms with Crippen molar-refractivity contribution >= 4 is 44.5 Å². The number of likely N-dealkylation sites (N-methyl/N-ethyl adjacent to an activating group) is 1. The Hall–Kier alpha value is -2.39. The Bertz CT molecular complexity index is 1080. The van der Waals surface area contributed by atoms with Gasteiger partial charge in [-0.25, -0.2) is 9.67 Å². The Kier molecular flexibility index (Phi) is 5.52. The third-order valence-corrected chi connectivity index (χ3v) is 4.94. The molecule has 0 aliphatic carbocycles. The zero-order chi connectivity index (χ0) is 19.7. The van der Waals surface area contributed by atoms with E-state index in [1.165, 1.54) is 20.5 Å². The lowest BCUT2D eigenvalue weighted by Crippen LogP contribution is -2.33. The van der Waals surface area contributed by atoms with Gasteiger partial charge in [0.25, 0.3) is 5.56 Å². The van der Waals surface area contributed by atoms with Crippen molar-refractivity contribution in [3.8, 4) is 5.75 Å². The van der Waals surface area contributed by atoms with Crippen LogP contribution in [0.4, 0.5) is 0 Å². The van der Waals surface area contributed by atoms with Gasteiger partial charge in [0, 0.05) is 31.2 Å². The van der Waals surface area contributed by atoms with Gasteiger partial charge in [-0.3, -0.25) is 14.2 Å². The number of aryl methyl sites for hydroxylation is 1. The summed E-state index contributed by atoms with van der Waals surface area (Å²) in [5.41, 5.74) is 0.895. The van der Waals surface area contributed by atoms with E-state index in [0.717, 1.165) is 5.56 Å². The van der Waals surface area contributed by atoms with E-state index in [9.17, 15) is 9.59 Å². The number of aromatic nitrogens is 4. The fraction of sp³-hybridized carbons (Fsp3) is 0.294. The summed E-state index contributed by atoms with van der Waals surface area (Å²) in [7, 11) is 4.90. The normalized spacial score (nSPS) is 11.0. The molecule has 1 amide bonds. The topological polar surface area (TPSA) is 82.2 Å². The van der Waals surface area contributed by atoms with E-state index in [2.05, 4.69) is 26.0 Å². The number of ether oxygens (including phenoxy) is 1. The predicted molar refractivity (Wildman–Crippen MR) is 105 cm³/mol. The molecule has 10 heteroatoms. The molecule has 0 saturated carbocycles. The summed E-state index contributed by atoms with van der Waals surface area (Å²) in [4.78, 5) is 31.0. The third kappa shape index (κ3) is 3.84. The van der Waals surface area contributed by atoms with E-state index in [1.807, 2.05) is 0 Å². The second kappa shape index (κ2) is 7.69. The second-order valence-corrected chi connectivity index (χ2v) is 7.18. The molecule has 3 rings (SSSR count). The fourth-order valence-corrected chi connectivity index (χ4v) is 3.51. The van der Waals surface area contributed by atoms with Gasteiger partial charge in [0.2, 0.25) is 5.91 Å². The maximum atomic E-state index is 12.7. The van der Waals surface area contributed by atoms with Gasteiger partial charge in [0.1, 0.15) is 28.6 Å². The van der Waals surface area contributed by atoms with Crippen LogP contribution in [0, 0.1) is 0 Å². The number of fused-ring (bicyclic) bond motifs is 1. The third-order valence-electron chi connectivity index (χ3n) is 4.15. The molecule has 0 fully saturated rings. The Labute approximate surface area is 168 Å². The summed E-state index contributed by atoms with van der Waals surface area (Å²) < 4.78 is 8.48. The highest BCUT2D eigenvalue weighted by atomic mass is 79.9. The minimum absolute atomic E-state index is 0.136. The molecule has 2 aromatic heterocycles. The molecule has 0 spiro atoms. The van der Waals surface area contributed by atoms with E-state index in [-0.39, 0.29) is 18.0 Å². The van der Waals surface area contributed by atoms with Crippen LogP contribution in [0.2, 0.25) is 5.02 Å². The lowest BCUT2D eigenvalue weighted by atomic mass is 10.2. The average Bonchev–Trinajstić information content (AvgIpc) is 2.92. The van der Waals surface area contributed by atoms with Crippen molar-refractivity contribution in [2.24, 2.45) is 7.05 Å². The van der Waals surface area contributed by atoms with Crippen LogP contribution in [0.15, 0.2) is 33.9 Å². The first-order valence-corrected chi connectivity index (χ1v) is 9.13. The largest absolute Gasteiger partial charge is 0.496 e. The molecule has 8 nitrogen and oxygen atoms in total. The van der Waals surface area contributed by atoms with E-state index < -0.39 is 0 Å². The number of nitrogens with zero attached hydrogens (tertiary/aromatic N) is 5. The number of carbonyl (C=O) groups excluding carboxylic acids is 1. The summed E-state index contributed by atoms with van der Waals surface area (Å²) in [6.07, 6.45) is 1.35. The molecular weight excluding hydrogens is 438 g/mol. The van der Waals surface area contributed by atoms with Crippen LogP contribution < -0.4 is 10.3 Å². The highest BCUT2D eigenvalue weighted by Gasteiger charge is 2.17. The Morgan fingerprint density at radius 1 is 1.41 bits per heavy atom. The molecule has 0 saturated heterocycles. The van der Waals surface area contributed by atoms with Crippen molar-refractivity contribution in [3.05, 3.63) is 50.1 Å². The molecule has 0 bridgehead atoms. The number of carbonyl (C=O) groups is 1. The van der Waals surface area contributed by atoms with Crippen LogP contribution in [0.5, 0.6) is 5.75 Å². The highest BCUT2D eigenvalue weighted by Crippen LogP contribution is 2.24. The number of methoxy groups -OCH3 is 1. The number of hydrogen-bond acceptors (Lipinski definition) is 5. The summed E-state index contributed by atoms with van der Waals surface area (Å²) >= 11 is 9.29.